The summed E-state index contributed by atoms with van der Waals surface area (Å²) in [5.74, 6) is 0. The fourth-order valence-electron chi connectivity index (χ4n) is 0.664. The minimum Gasteiger partial charge on any atom is -1.00 e. The Balaban J connectivity index is -0.000000135. The normalized spacial score (nSPS) is 9.69. The molecule has 0 fully saturated rings. The van der Waals surface area contributed by atoms with E-state index < -0.39 is 5.60 Å². The molecule has 8 N–H and O–H groups in total. The van der Waals surface area contributed by atoms with E-state index in [4.69, 9.17) is 9.47 Å². The molecule has 0 aliphatic carbocycles. The maximum Gasteiger partial charge on any atom is 0.156 e. The van der Waals surface area contributed by atoms with Gasteiger partial charge in [-0.15, -0.1) is 5.60 Å². The van der Waals surface area contributed by atoms with Crippen molar-refractivity contribution in [1.29, 1.82) is 0 Å². The molecule has 0 unspecified atom stereocenters. The highest BCUT2D eigenvalue weighted by molar-refractivity contribution is 4.64. The quantitative estimate of drug-likeness (QED) is 0.527. The van der Waals surface area contributed by atoms with E-state index in [9.17, 15) is 5.11 Å². The van der Waals surface area contributed by atoms with Gasteiger partial charge in [0, 0.05) is 14.2 Å². The van der Waals surface area contributed by atoms with Gasteiger partial charge >= 0.3 is 0 Å². The van der Waals surface area contributed by atoms with E-state index in [1.54, 1.807) is 13.8 Å². The lowest BCUT2D eigenvalue weighted by Crippen LogP contribution is -3.00. The predicted molar refractivity (Wildman–Crippen MR) is 48.5 cm³/mol. The van der Waals surface area contributed by atoms with Gasteiger partial charge in [0.1, 0.15) is 0 Å². The Kier molecular flexibility index (Phi) is 18.1. The van der Waals surface area contributed by atoms with Crippen LogP contribution in [0.4, 0.5) is 0 Å². The lowest BCUT2D eigenvalue weighted by molar-refractivity contribution is -0.473. The third-order valence-corrected chi connectivity index (χ3v) is 1.18. The second-order valence-corrected chi connectivity index (χ2v) is 2.86. The summed E-state index contributed by atoms with van der Waals surface area (Å²) in [5.41, 5.74) is -0.976. The van der Waals surface area contributed by atoms with Crippen LogP contribution < -0.4 is 29.8 Å². The van der Waals surface area contributed by atoms with Crippen LogP contribution in [0.25, 0.3) is 0 Å². The largest absolute Gasteiger partial charge is 1.00 e. The lowest BCUT2D eigenvalue weighted by Gasteiger charge is -2.34. The first-order valence-corrected chi connectivity index (χ1v) is 3.25. The van der Waals surface area contributed by atoms with Crippen LogP contribution in [0, 0.1) is 0 Å². The topological polar surface area (TPSA) is 115 Å². The molecule has 0 bridgehead atoms. The van der Waals surface area contributed by atoms with Gasteiger partial charge in [-0.2, -0.15) is 0 Å². The Morgan fingerprint density at radius 1 is 1.15 bits per heavy atom. The van der Waals surface area contributed by atoms with Gasteiger partial charge in [-0.05, 0) is 6.42 Å². The van der Waals surface area contributed by atoms with Gasteiger partial charge in [0.15, 0.2) is 6.29 Å². The molecule has 86 valence electrons. The monoisotopic (exact) mass is 218 g/mol. The zero-order valence-electron chi connectivity index (χ0n) is 9.39. The molecule has 0 amide bonds. The molecule has 0 saturated carbocycles. The highest BCUT2D eigenvalue weighted by Gasteiger charge is 2.11. The van der Waals surface area contributed by atoms with Crippen LogP contribution >= 0.6 is 0 Å². The third-order valence-electron chi connectivity index (χ3n) is 1.18. The summed E-state index contributed by atoms with van der Waals surface area (Å²) in [5, 5.41) is 11.1. The molecule has 0 radical (unpaired) electrons. The number of rotatable bonds is 4. The Hall–Kier alpha value is 0.0900. The molecule has 0 aromatic carbocycles. The van der Waals surface area contributed by atoms with Crippen LogP contribution in [0.15, 0.2) is 0 Å². The van der Waals surface area contributed by atoms with Crippen molar-refractivity contribution in [3.05, 3.63) is 0 Å². The molecule has 0 aromatic heterocycles. The van der Waals surface area contributed by atoms with Crippen molar-refractivity contribution >= 4 is 0 Å². The molecule has 0 spiro atoms. The summed E-state index contributed by atoms with van der Waals surface area (Å²) >= 11 is 0. The van der Waals surface area contributed by atoms with Crippen molar-refractivity contribution in [3.63, 3.8) is 0 Å². The average molecular weight is 219 g/mol. The minimum atomic E-state index is -0.976. The molecule has 6 heteroatoms. The molecule has 0 rings (SSSR count). The zero-order chi connectivity index (χ0) is 8.20. The number of hydrogen-bond acceptors (Lipinski definition) is 3. The smallest absolute Gasteiger partial charge is 0.156 e. The molecule has 5 nitrogen and oxygen atoms in total. The number of hydrogen-bond donors (Lipinski definition) is 2. The van der Waals surface area contributed by atoms with Crippen molar-refractivity contribution in [2.24, 2.45) is 0 Å². The second-order valence-electron chi connectivity index (χ2n) is 2.86. The van der Waals surface area contributed by atoms with Gasteiger partial charge in [0.25, 0.3) is 0 Å². The summed E-state index contributed by atoms with van der Waals surface area (Å²) in [6.45, 7) is 3.22. The van der Waals surface area contributed by atoms with E-state index in [0.29, 0.717) is 6.42 Å². The van der Waals surface area contributed by atoms with Crippen LogP contribution in [-0.4, -0.2) is 26.1 Å². The van der Waals surface area contributed by atoms with Gasteiger partial charge in [-0.25, -0.2) is 0 Å². The fraction of sp³-hybridized carbons (Fsp3) is 1.00. The molecule has 0 aliphatic heterocycles. The van der Waals surface area contributed by atoms with Crippen molar-refractivity contribution in [3.8, 4) is 0 Å². The van der Waals surface area contributed by atoms with Crippen LogP contribution in [0.3, 0.4) is 0 Å². The Labute approximate surface area is 86.4 Å². The fourth-order valence-corrected chi connectivity index (χ4v) is 0.664. The Morgan fingerprint density at radius 2 is 1.46 bits per heavy atom. The summed E-state index contributed by atoms with van der Waals surface area (Å²) in [7, 11) is 3.06. The first-order valence-electron chi connectivity index (χ1n) is 3.25. The van der Waals surface area contributed by atoms with Crippen molar-refractivity contribution in [2.45, 2.75) is 32.2 Å². The van der Waals surface area contributed by atoms with Gasteiger partial charge in [-0.3, -0.25) is 0 Å². The first kappa shape index (κ1) is 23.2. The first-order chi connectivity index (χ1) is 4.49. The van der Waals surface area contributed by atoms with E-state index in [1.165, 1.54) is 14.2 Å². The van der Waals surface area contributed by atoms with Crippen molar-refractivity contribution in [1.82, 2.24) is 12.3 Å². The summed E-state index contributed by atoms with van der Waals surface area (Å²) in [4.78, 5) is 0. The average Bonchev–Trinajstić information content (AvgIpc) is 1.81. The van der Waals surface area contributed by atoms with Gasteiger partial charge in [0.05, 0.1) is 0 Å². The van der Waals surface area contributed by atoms with E-state index in [1.807, 2.05) is 0 Å². The molecule has 0 saturated heterocycles. The molecular formula is C7H23ClN2O3. The van der Waals surface area contributed by atoms with Crippen molar-refractivity contribution < 1.29 is 27.0 Å². The summed E-state index contributed by atoms with van der Waals surface area (Å²) < 4.78 is 9.71. The zero-order valence-corrected chi connectivity index (χ0v) is 10.1. The van der Waals surface area contributed by atoms with Crippen LogP contribution in [0.5, 0.6) is 0 Å². The molecule has 0 heterocycles. The summed E-state index contributed by atoms with van der Waals surface area (Å²) in [6, 6.07) is 0. The van der Waals surface area contributed by atoms with Gasteiger partial charge < -0.3 is 39.3 Å². The predicted octanol–water partition coefficient (Wildman–Crippen LogP) is -2.11. The highest BCUT2D eigenvalue weighted by atomic mass is 35.5. The van der Waals surface area contributed by atoms with Crippen LogP contribution in [-0.2, 0) is 9.47 Å². The molecule has 0 aromatic rings. The van der Waals surface area contributed by atoms with Gasteiger partial charge in [0.2, 0.25) is 0 Å². The molecule has 0 atom stereocenters. The molecule has 13 heavy (non-hydrogen) atoms. The van der Waals surface area contributed by atoms with Crippen LogP contribution in [0.1, 0.15) is 20.3 Å². The molecular weight excluding hydrogens is 196 g/mol. The van der Waals surface area contributed by atoms with E-state index in [2.05, 4.69) is 0 Å². The van der Waals surface area contributed by atoms with E-state index >= 15 is 0 Å². The van der Waals surface area contributed by atoms with E-state index in [-0.39, 0.29) is 31.0 Å². The number of ether oxygens (including phenoxy) is 2. The third kappa shape index (κ3) is 14.9. The minimum absolute atomic E-state index is 0. The maximum atomic E-state index is 11.1. The van der Waals surface area contributed by atoms with E-state index in [0.717, 1.165) is 0 Å². The Morgan fingerprint density at radius 3 is 1.54 bits per heavy atom. The number of halogens is 1. The number of methoxy groups -OCH3 is 2. The van der Waals surface area contributed by atoms with Crippen LogP contribution in [0.2, 0.25) is 0 Å². The molecule has 0 aliphatic rings. The maximum absolute atomic E-state index is 11.1. The second kappa shape index (κ2) is 10.2. The van der Waals surface area contributed by atoms with Crippen molar-refractivity contribution in [2.75, 3.05) is 14.2 Å². The lowest BCUT2D eigenvalue weighted by atomic mass is 10.1. The standard InChI is InChI=1S/C7H15O3.ClH.2H3N/c1-7(2,8)5-6(9-3)10-4;;;/h6H,5H2,1-4H3;1H;2*1H3/q-1;;;/p+1. The van der Waals surface area contributed by atoms with Gasteiger partial charge in [-0.1, -0.05) is 13.8 Å². The SMILES string of the molecule is COC(CC(C)(C)[O-])OC.[Cl-].[NH4+].[NH4+]. The Bertz CT molecular complexity index is 94.2. The number of quaternary nitrogens is 2. The highest BCUT2D eigenvalue weighted by Crippen LogP contribution is 2.09. The summed E-state index contributed by atoms with van der Waals surface area (Å²) in [6.07, 6.45) is 0.00694.